The molecule has 0 fully saturated rings. The Labute approximate surface area is 172 Å². The number of hydrogen-bond donors (Lipinski definition) is 0. The van der Waals surface area contributed by atoms with Crippen molar-refractivity contribution < 1.29 is 0 Å². The Hall–Kier alpha value is -2.56. The van der Waals surface area contributed by atoms with Gasteiger partial charge in [0.15, 0.2) is 0 Å². The summed E-state index contributed by atoms with van der Waals surface area (Å²) >= 11 is 0. The molecule has 0 atom stereocenters. The fraction of sp³-hybridized carbons (Fsp3) is 0.259. The second-order valence-electron chi connectivity index (χ2n) is 8.03. The van der Waals surface area contributed by atoms with Crippen molar-refractivity contribution in [3.05, 3.63) is 105 Å². The second kappa shape index (κ2) is 7.82. The lowest BCUT2D eigenvalue weighted by atomic mass is 9.76. The van der Waals surface area contributed by atoms with E-state index in [0.717, 1.165) is 0 Å². The van der Waals surface area contributed by atoms with E-state index in [1.807, 2.05) is 0 Å². The van der Waals surface area contributed by atoms with Gasteiger partial charge < -0.3 is 0 Å². The van der Waals surface area contributed by atoms with Crippen molar-refractivity contribution >= 4 is 9.52 Å². The van der Waals surface area contributed by atoms with Gasteiger partial charge in [0.05, 0.1) is 0 Å². The first-order valence-electron chi connectivity index (χ1n) is 9.98. The van der Waals surface area contributed by atoms with Crippen molar-refractivity contribution in [2.24, 2.45) is 0 Å². The van der Waals surface area contributed by atoms with Crippen molar-refractivity contribution in [1.29, 1.82) is 0 Å². The first kappa shape index (κ1) is 20.2. The zero-order chi connectivity index (χ0) is 20.5. The Bertz CT molecular complexity index is 941. The van der Waals surface area contributed by atoms with Crippen LogP contribution in [0.25, 0.3) is 0 Å². The van der Waals surface area contributed by atoms with Crippen LogP contribution in [0.4, 0.5) is 0 Å². The molecule has 0 nitrogen and oxygen atoms in total. The average Bonchev–Trinajstić information content (AvgIpc) is 2.67. The summed E-state index contributed by atoms with van der Waals surface area (Å²) in [5, 5.41) is -0.225. The standard InChI is InChI=1S/C27H30Si/c1-8-28-27(24-15-9-12-18(2)21(24)5,25-16-10-13-19(3)22(25)6)26-17-11-14-20(4)23(26)7/h1,9-17H,28H2,2-7H3. The lowest BCUT2D eigenvalue weighted by molar-refractivity contribution is 0.833. The molecule has 0 bridgehead atoms. The van der Waals surface area contributed by atoms with Crippen LogP contribution >= 0.6 is 0 Å². The third-order valence-electron chi connectivity index (χ3n) is 6.56. The van der Waals surface area contributed by atoms with E-state index >= 15 is 0 Å². The highest BCUT2D eigenvalue weighted by Gasteiger charge is 2.40. The van der Waals surface area contributed by atoms with Crippen molar-refractivity contribution in [2.45, 2.75) is 46.6 Å². The highest BCUT2D eigenvalue weighted by Crippen LogP contribution is 2.44. The Morgan fingerprint density at radius 3 is 1.21 bits per heavy atom. The lowest BCUT2D eigenvalue weighted by Gasteiger charge is -2.38. The molecule has 142 valence electrons. The molecule has 0 saturated heterocycles. The molecule has 0 saturated carbocycles. The molecule has 3 aromatic carbocycles. The fourth-order valence-corrected chi connectivity index (χ4v) is 6.54. The van der Waals surface area contributed by atoms with Gasteiger partial charge in [-0.05, 0) is 91.6 Å². The molecule has 0 aromatic heterocycles. The average molecular weight is 383 g/mol. The zero-order valence-electron chi connectivity index (χ0n) is 18.0. The van der Waals surface area contributed by atoms with Gasteiger partial charge in [0, 0.05) is 5.04 Å². The maximum Gasteiger partial charge on any atom is 0.127 e. The first-order chi connectivity index (χ1) is 13.3. The molecule has 0 aliphatic carbocycles. The zero-order valence-corrected chi connectivity index (χ0v) is 19.4. The SMILES string of the molecule is C#C[SiH2]C(c1cccc(C)c1C)(c1cccc(C)c1C)c1cccc(C)c1C. The molecule has 3 aromatic rings. The number of terminal acetylenes is 1. The summed E-state index contributed by atoms with van der Waals surface area (Å²) in [5.41, 5.74) is 15.3. The van der Waals surface area contributed by atoms with E-state index in [9.17, 15) is 0 Å². The molecule has 0 N–H and O–H groups in total. The highest BCUT2D eigenvalue weighted by atomic mass is 28.2. The number of hydrogen-bond acceptors (Lipinski definition) is 0. The van der Waals surface area contributed by atoms with Crippen LogP contribution in [-0.2, 0) is 5.04 Å². The van der Waals surface area contributed by atoms with E-state index in [1.165, 1.54) is 50.1 Å². The molecule has 0 aliphatic rings. The maximum absolute atomic E-state index is 6.10. The summed E-state index contributed by atoms with van der Waals surface area (Å²) in [5.74, 6) is 0. The predicted molar refractivity (Wildman–Crippen MR) is 125 cm³/mol. The van der Waals surface area contributed by atoms with Crippen LogP contribution in [-0.4, -0.2) is 9.52 Å². The second-order valence-corrected chi connectivity index (χ2v) is 9.85. The normalized spacial score (nSPS) is 11.8. The third-order valence-corrected chi connectivity index (χ3v) is 8.44. The van der Waals surface area contributed by atoms with E-state index in [0.29, 0.717) is 0 Å². The van der Waals surface area contributed by atoms with E-state index in [2.05, 4.69) is 102 Å². The Kier molecular flexibility index (Phi) is 5.63. The summed E-state index contributed by atoms with van der Waals surface area (Å²) in [6, 6.07) is 20.1. The lowest BCUT2D eigenvalue weighted by Crippen LogP contribution is -2.38. The van der Waals surface area contributed by atoms with E-state index in [-0.39, 0.29) is 5.04 Å². The van der Waals surface area contributed by atoms with Gasteiger partial charge in [-0.1, -0.05) is 54.6 Å². The Morgan fingerprint density at radius 2 is 0.929 bits per heavy atom. The van der Waals surface area contributed by atoms with Crippen LogP contribution in [0.2, 0.25) is 0 Å². The van der Waals surface area contributed by atoms with Crippen molar-refractivity contribution in [3.63, 3.8) is 0 Å². The van der Waals surface area contributed by atoms with E-state index in [1.54, 1.807) is 0 Å². The minimum absolute atomic E-state index is 0.225. The summed E-state index contributed by atoms with van der Waals surface area (Å²) in [4.78, 5) is 0. The molecular weight excluding hydrogens is 352 g/mol. The molecule has 0 unspecified atom stereocenters. The smallest absolute Gasteiger partial charge is 0.127 e. The molecule has 3 rings (SSSR count). The third kappa shape index (κ3) is 3.13. The molecule has 0 amide bonds. The maximum atomic E-state index is 6.10. The van der Waals surface area contributed by atoms with Crippen molar-refractivity contribution in [1.82, 2.24) is 0 Å². The number of benzene rings is 3. The minimum Gasteiger partial charge on any atom is -0.141 e. The molecular formula is C27H30Si. The molecule has 0 spiro atoms. The molecule has 0 aliphatic heterocycles. The molecule has 0 heterocycles. The summed E-state index contributed by atoms with van der Waals surface area (Å²) < 4.78 is 0. The van der Waals surface area contributed by atoms with Crippen LogP contribution in [0.3, 0.4) is 0 Å². The van der Waals surface area contributed by atoms with Gasteiger partial charge in [-0.25, -0.2) is 0 Å². The van der Waals surface area contributed by atoms with Crippen molar-refractivity contribution in [2.75, 3.05) is 0 Å². The fourth-order valence-electron chi connectivity index (χ4n) is 4.51. The van der Waals surface area contributed by atoms with Crippen LogP contribution in [0, 0.1) is 53.5 Å². The van der Waals surface area contributed by atoms with E-state index < -0.39 is 9.52 Å². The molecule has 1 heteroatoms. The van der Waals surface area contributed by atoms with Crippen LogP contribution < -0.4 is 0 Å². The van der Waals surface area contributed by atoms with Gasteiger partial charge in [-0.3, -0.25) is 0 Å². The molecule has 28 heavy (non-hydrogen) atoms. The van der Waals surface area contributed by atoms with Crippen molar-refractivity contribution in [3.8, 4) is 12.0 Å². The quantitative estimate of drug-likeness (QED) is 0.313. The van der Waals surface area contributed by atoms with Gasteiger partial charge in [0.25, 0.3) is 0 Å². The predicted octanol–water partition coefficient (Wildman–Crippen LogP) is 5.59. The topological polar surface area (TPSA) is 0 Å². The van der Waals surface area contributed by atoms with Crippen LogP contribution in [0.1, 0.15) is 50.1 Å². The number of rotatable bonds is 4. The van der Waals surface area contributed by atoms with E-state index in [4.69, 9.17) is 6.42 Å². The Balaban J connectivity index is 2.55. The van der Waals surface area contributed by atoms with Gasteiger partial charge in [-0.2, -0.15) is 0 Å². The molecule has 0 radical (unpaired) electrons. The summed E-state index contributed by atoms with van der Waals surface area (Å²) in [6.45, 7) is 13.4. The van der Waals surface area contributed by atoms with Gasteiger partial charge in [-0.15, -0.1) is 12.0 Å². The van der Waals surface area contributed by atoms with Gasteiger partial charge in [0.2, 0.25) is 0 Å². The largest absolute Gasteiger partial charge is 0.141 e. The summed E-state index contributed by atoms with van der Waals surface area (Å²) in [6.07, 6.45) is 6.10. The van der Waals surface area contributed by atoms with Crippen LogP contribution in [0.15, 0.2) is 54.6 Å². The first-order valence-corrected chi connectivity index (χ1v) is 11.4. The highest BCUT2D eigenvalue weighted by molar-refractivity contribution is 6.52. The summed E-state index contributed by atoms with van der Waals surface area (Å²) in [7, 11) is -0.950. The number of aryl methyl sites for hydroxylation is 3. The van der Waals surface area contributed by atoms with Gasteiger partial charge in [0.1, 0.15) is 9.52 Å². The van der Waals surface area contributed by atoms with Gasteiger partial charge >= 0.3 is 0 Å². The minimum atomic E-state index is -0.950. The van der Waals surface area contributed by atoms with Crippen LogP contribution in [0.5, 0.6) is 0 Å². The monoisotopic (exact) mass is 382 g/mol. The Morgan fingerprint density at radius 1 is 0.607 bits per heavy atom.